The molecule has 0 aromatic heterocycles. The average Bonchev–Trinajstić information content (AvgIpc) is 3.34. The van der Waals surface area contributed by atoms with Gasteiger partial charge < -0.3 is 18.9 Å². The smallest absolute Gasteiger partial charge is 0.104 e. The Labute approximate surface area is 189 Å². The molecule has 3 heterocycles. The first kappa shape index (κ1) is 26.7. The molecule has 4 nitrogen and oxygen atoms in total. The molecule has 1 aliphatic carbocycles. The van der Waals surface area contributed by atoms with E-state index in [0.717, 1.165) is 32.0 Å². The van der Waals surface area contributed by atoms with E-state index in [9.17, 15) is 0 Å². The third-order valence-electron chi connectivity index (χ3n) is 5.50. The van der Waals surface area contributed by atoms with Gasteiger partial charge in [0.15, 0.2) is 0 Å². The van der Waals surface area contributed by atoms with Crippen molar-refractivity contribution in [2.24, 2.45) is 5.92 Å². The van der Waals surface area contributed by atoms with E-state index in [1.54, 1.807) is 0 Å². The Balaban J connectivity index is 0.000000164. The number of epoxide rings is 3. The van der Waals surface area contributed by atoms with E-state index >= 15 is 0 Å². The van der Waals surface area contributed by atoms with Crippen molar-refractivity contribution >= 4 is 24.2 Å². The van der Waals surface area contributed by atoms with Gasteiger partial charge >= 0.3 is 0 Å². The molecule has 178 valence electrons. The number of rotatable bonds is 8. The number of hydrogen-bond donors (Lipinski definition) is 0. The van der Waals surface area contributed by atoms with Gasteiger partial charge in [0.25, 0.3) is 0 Å². The molecule has 1 saturated carbocycles. The molecular formula is C23H50O4Si3. The highest BCUT2D eigenvalue weighted by Crippen LogP contribution is 2.42. The van der Waals surface area contributed by atoms with E-state index < -0.39 is 24.2 Å². The monoisotopic (exact) mass is 474 g/mol. The van der Waals surface area contributed by atoms with Crippen LogP contribution in [-0.4, -0.2) is 74.7 Å². The maximum atomic E-state index is 5.54. The summed E-state index contributed by atoms with van der Waals surface area (Å²) in [5.74, 6) is 1.00. The van der Waals surface area contributed by atoms with Crippen LogP contribution in [-0.2, 0) is 18.9 Å². The van der Waals surface area contributed by atoms with Crippen molar-refractivity contribution in [1.82, 2.24) is 0 Å². The van der Waals surface area contributed by atoms with Crippen molar-refractivity contribution < 1.29 is 18.9 Å². The van der Waals surface area contributed by atoms with Crippen molar-refractivity contribution in [2.75, 3.05) is 26.1 Å². The van der Waals surface area contributed by atoms with Gasteiger partial charge in [0.1, 0.15) is 6.10 Å². The SMILES string of the molecule is C[Si](C)(C)CC1CCC2OC2C1.C[Si](C)(C)CC1CO1.C[Si](C)(C)COCC1CO1. The van der Waals surface area contributed by atoms with Crippen molar-refractivity contribution in [3.8, 4) is 0 Å². The van der Waals surface area contributed by atoms with Crippen LogP contribution in [0.15, 0.2) is 0 Å². The van der Waals surface area contributed by atoms with E-state index in [0.29, 0.717) is 24.4 Å². The zero-order chi connectivity index (χ0) is 22.6. The van der Waals surface area contributed by atoms with Crippen LogP contribution in [0.2, 0.25) is 71.0 Å². The van der Waals surface area contributed by atoms with Crippen LogP contribution in [0.4, 0.5) is 0 Å². The first-order chi connectivity index (χ1) is 13.7. The molecule has 0 amide bonds. The van der Waals surface area contributed by atoms with Gasteiger partial charge in [0.05, 0.1) is 46.2 Å². The Morgan fingerprint density at radius 2 is 1.27 bits per heavy atom. The summed E-state index contributed by atoms with van der Waals surface area (Å²) in [6, 6.07) is 2.87. The third kappa shape index (κ3) is 14.5. The van der Waals surface area contributed by atoms with Crippen LogP contribution in [0, 0.1) is 5.92 Å². The summed E-state index contributed by atoms with van der Waals surface area (Å²) in [5.41, 5.74) is 0. The Hall–Kier alpha value is 0.491. The Bertz CT molecular complexity index is 502. The van der Waals surface area contributed by atoms with Gasteiger partial charge in [-0.15, -0.1) is 0 Å². The molecular weight excluding hydrogens is 425 g/mol. The molecule has 5 unspecified atom stereocenters. The number of hydrogen-bond acceptors (Lipinski definition) is 4. The van der Waals surface area contributed by atoms with Crippen LogP contribution >= 0.6 is 0 Å². The van der Waals surface area contributed by atoms with Crippen molar-refractivity contribution in [1.29, 1.82) is 0 Å². The van der Waals surface area contributed by atoms with Crippen LogP contribution in [0.3, 0.4) is 0 Å². The number of fused-ring (bicyclic) bond motifs is 1. The van der Waals surface area contributed by atoms with Gasteiger partial charge in [-0.3, -0.25) is 0 Å². The van der Waals surface area contributed by atoms with Crippen LogP contribution in [0.5, 0.6) is 0 Å². The van der Waals surface area contributed by atoms with Gasteiger partial charge in [-0.05, 0) is 31.2 Å². The summed E-state index contributed by atoms with van der Waals surface area (Å²) in [7, 11) is -2.57. The predicted octanol–water partition coefficient (Wildman–Crippen LogP) is 5.89. The fraction of sp³-hybridized carbons (Fsp3) is 1.00. The molecule has 0 spiro atoms. The molecule has 7 heteroatoms. The van der Waals surface area contributed by atoms with E-state index in [2.05, 4.69) is 58.9 Å². The molecule has 0 bridgehead atoms. The molecule has 3 saturated heterocycles. The molecule has 4 rings (SSSR count). The first-order valence-corrected chi connectivity index (χ1v) is 23.3. The maximum Gasteiger partial charge on any atom is 0.104 e. The second-order valence-electron chi connectivity index (χ2n) is 13.4. The minimum Gasteiger partial charge on any atom is -0.382 e. The second kappa shape index (κ2) is 11.1. The molecule has 0 aromatic carbocycles. The molecule has 5 atom stereocenters. The van der Waals surface area contributed by atoms with Crippen molar-refractivity contribution in [2.45, 2.75) is 115 Å². The molecule has 4 aliphatic rings. The van der Waals surface area contributed by atoms with Gasteiger partial charge in [-0.25, -0.2) is 0 Å². The average molecular weight is 475 g/mol. The summed E-state index contributed by atoms with van der Waals surface area (Å²) >= 11 is 0. The standard InChI is InChI=1S/C10H20OSi.C7H16O2Si.C6H14OSi/c1-12(2,3)7-8-4-5-9-10(6-8)11-9;1-10(2,3)6-8-4-7-5-9-7;1-8(2,3)5-6-4-7-6/h8-10H,4-7H2,1-3H3;7H,4-6H2,1-3H3;6H,4-5H2,1-3H3. The second-order valence-corrected chi connectivity index (χ2v) is 29.9. The van der Waals surface area contributed by atoms with Gasteiger partial charge in [0.2, 0.25) is 0 Å². The van der Waals surface area contributed by atoms with Gasteiger partial charge in [-0.1, -0.05) is 65.0 Å². The van der Waals surface area contributed by atoms with Crippen LogP contribution in [0.25, 0.3) is 0 Å². The van der Waals surface area contributed by atoms with Gasteiger partial charge in [0, 0.05) is 22.4 Å². The lowest BCUT2D eigenvalue weighted by atomic mass is 9.91. The minimum atomic E-state index is -0.974. The normalized spacial score (nSPS) is 32.1. The Kier molecular flexibility index (Phi) is 9.87. The zero-order valence-electron chi connectivity index (χ0n) is 21.4. The Morgan fingerprint density at radius 3 is 1.67 bits per heavy atom. The molecule has 0 N–H and O–H groups in total. The zero-order valence-corrected chi connectivity index (χ0v) is 24.4. The van der Waals surface area contributed by atoms with E-state index in [-0.39, 0.29) is 0 Å². The summed E-state index contributed by atoms with van der Waals surface area (Å²) in [6.45, 7) is 24.3. The third-order valence-corrected chi connectivity index (χ3v) is 10.0. The molecule has 30 heavy (non-hydrogen) atoms. The van der Waals surface area contributed by atoms with Crippen molar-refractivity contribution in [3.63, 3.8) is 0 Å². The first-order valence-electron chi connectivity index (χ1n) is 12.2. The lowest BCUT2D eigenvalue weighted by Crippen LogP contribution is -2.29. The molecule has 4 fully saturated rings. The van der Waals surface area contributed by atoms with E-state index in [1.165, 1.54) is 31.4 Å². The molecule has 0 aromatic rings. The molecule has 3 aliphatic heterocycles. The van der Waals surface area contributed by atoms with Gasteiger partial charge in [-0.2, -0.15) is 0 Å². The fourth-order valence-electron chi connectivity index (χ4n) is 4.07. The van der Waals surface area contributed by atoms with Crippen LogP contribution < -0.4 is 0 Å². The predicted molar refractivity (Wildman–Crippen MR) is 136 cm³/mol. The summed E-state index contributed by atoms with van der Waals surface area (Å²) in [5, 5.41) is 0. The number of ether oxygens (including phenoxy) is 4. The highest BCUT2D eigenvalue weighted by atomic mass is 28.3. The van der Waals surface area contributed by atoms with E-state index in [4.69, 9.17) is 18.9 Å². The highest BCUT2D eigenvalue weighted by molar-refractivity contribution is 6.76. The lowest BCUT2D eigenvalue weighted by Gasteiger charge is -2.25. The fourth-order valence-corrected chi connectivity index (χ4v) is 8.50. The van der Waals surface area contributed by atoms with Crippen molar-refractivity contribution in [3.05, 3.63) is 0 Å². The minimum absolute atomic E-state index is 0.427. The highest BCUT2D eigenvalue weighted by Gasteiger charge is 2.44. The van der Waals surface area contributed by atoms with E-state index in [1.807, 2.05) is 0 Å². The molecule has 0 radical (unpaired) electrons. The lowest BCUT2D eigenvalue weighted by molar-refractivity contribution is 0.150. The largest absolute Gasteiger partial charge is 0.382 e. The quantitative estimate of drug-likeness (QED) is 0.325. The Morgan fingerprint density at radius 1 is 0.700 bits per heavy atom. The summed E-state index contributed by atoms with van der Waals surface area (Å²) < 4.78 is 21.1. The topological polar surface area (TPSA) is 46.8 Å². The summed E-state index contributed by atoms with van der Waals surface area (Å²) in [6.07, 6.45) is 7.56. The maximum absolute atomic E-state index is 5.54. The summed E-state index contributed by atoms with van der Waals surface area (Å²) in [4.78, 5) is 0. The van der Waals surface area contributed by atoms with Crippen LogP contribution in [0.1, 0.15) is 19.3 Å².